The van der Waals surface area contributed by atoms with Gasteiger partial charge in [-0.25, -0.2) is 0 Å². The second-order valence-electron chi connectivity index (χ2n) is 5.31. The van der Waals surface area contributed by atoms with Crippen molar-refractivity contribution in [2.75, 3.05) is 6.54 Å². The zero-order chi connectivity index (χ0) is 13.6. The van der Waals surface area contributed by atoms with Gasteiger partial charge in [0.15, 0.2) is 0 Å². The Hall–Kier alpha value is -0.530. The molecule has 2 nitrogen and oxygen atoms in total. The van der Waals surface area contributed by atoms with Crippen LogP contribution in [0.1, 0.15) is 85.0 Å². The second kappa shape index (κ2) is 12.9. The van der Waals surface area contributed by atoms with Crippen molar-refractivity contribution in [2.45, 2.75) is 85.0 Å². The van der Waals surface area contributed by atoms with Gasteiger partial charge in [0.2, 0.25) is 5.91 Å². The third kappa shape index (κ3) is 9.49. The van der Waals surface area contributed by atoms with E-state index in [2.05, 4.69) is 26.1 Å². The molecule has 0 heterocycles. The van der Waals surface area contributed by atoms with Gasteiger partial charge in [-0.15, -0.1) is 0 Å². The third-order valence-electron chi connectivity index (χ3n) is 3.60. The predicted molar refractivity (Wildman–Crippen MR) is 79.7 cm³/mol. The zero-order valence-corrected chi connectivity index (χ0v) is 12.8. The molecule has 0 aromatic heterocycles. The summed E-state index contributed by atoms with van der Waals surface area (Å²) < 4.78 is 0. The van der Waals surface area contributed by atoms with E-state index in [9.17, 15) is 4.79 Å². The average Bonchev–Trinajstić information content (AvgIpc) is 2.38. The van der Waals surface area contributed by atoms with E-state index in [4.69, 9.17) is 0 Å². The molecular formula is C16H33NO. The molecule has 1 N–H and O–H groups in total. The van der Waals surface area contributed by atoms with Crippen LogP contribution in [0.3, 0.4) is 0 Å². The van der Waals surface area contributed by atoms with Crippen molar-refractivity contribution in [1.82, 2.24) is 5.32 Å². The number of nitrogens with one attached hydrogen (secondary N) is 1. The SMILES string of the molecule is CCCCCCCCNC(=O)[C@H](CC)CCCC. The second-order valence-corrected chi connectivity index (χ2v) is 5.31. The molecule has 18 heavy (non-hydrogen) atoms. The molecule has 0 fully saturated rings. The van der Waals surface area contributed by atoms with Crippen LogP contribution in [0, 0.1) is 5.92 Å². The van der Waals surface area contributed by atoms with Crippen molar-refractivity contribution in [3.05, 3.63) is 0 Å². The largest absolute Gasteiger partial charge is 0.356 e. The van der Waals surface area contributed by atoms with E-state index in [0.717, 1.165) is 25.8 Å². The average molecular weight is 255 g/mol. The number of rotatable bonds is 12. The lowest BCUT2D eigenvalue weighted by Gasteiger charge is -2.14. The first-order valence-electron chi connectivity index (χ1n) is 8.03. The molecule has 1 amide bonds. The first-order valence-corrected chi connectivity index (χ1v) is 8.03. The summed E-state index contributed by atoms with van der Waals surface area (Å²) >= 11 is 0. The van der Waals surface area contributed by atoms with Crippen LogP contribution >= 0.6 is 0 Å². The number of unbranched alkanes of at least 4 members (excludes halogenated alkanes) is 6. The quantitative estimate of drug-likeness (QED) is 0.504. The van der Waals surface area contributed by atoms with E-state index in [-0.39, 0.29) is 11.8 Å². The van der Waals surface area contributed by atoms with Gasteiger partial charge in [-0.1, -0.05) is 65.7 Å². The lowest BCUT2D eigenvalue weighted by atomic mass is 9.98. The number of amides is 1. The van der Waals surface area contributed by atoms with E-state index in [1.807, 2.05) is 0 Å². The zero-order valence-electron chi connectivity index (χ0n) is 12.8. The molecule has 2 heteroatoms. The number of hydrogen-bond donors (Lipinski definition) is 1. The highest BCUT2D eigenvalue weighted by atomic mass is 16.1. The van der Waals surface area contributed by atoms with E-state index in [1.54, 1.807) is 0 Å². The lowest BCUT2D eigenvalue weighted by Crippen LogP contribution is -2.31. The molecule has 0 radical (unpaired) electrons. The molecule has 108 valence electrons. The summed E-state index contributed by atoms with van der Waals surface area (Å²) in [7, 11) is 0. The van der Waals surface area contributed by atoms with Gasteiger partial charge < -0.3 is 5.32 Å². The van der Waals surface area contributed by atoms with Crippen LogP contribution in [0.5, 0.6) is 0 Å². The molecule has 0 aliphatic carbocycles. The molecule has 0 unspecified atom stereocenters. The minimum atomic E-state index is 0.241. The monoisotopic (exact) mass is 255 g/mol. The highest BCUT2D eigenvalue weighted by Gasteiger charge is 2.14. The molecule has 1 atom stereocenters. The van der Waals surface area contributed by atoms with Crippen LogP contribution in [-0.4, -0.2) is 12.5 Å². The fourth-order valence-electron chi connectivity index (χ4n) is 2.23. The number of carbonyl (C=O) groups is 1. The maximum absolute atomic E-state index is 11.9. The van der Waals surface area contributed by atoms with Crippen molar-refractivity contribution >= 4 is 5.91 Å². The van der Waals surface area contributed by atoms with Gasteiger partial charge in [0.1, 0.15) is 0 Å². The summed E-state index contributed by atoms with van der Waals surface area (Å²) in [5.74, 6) is 0.518. The highest BCUT2D eigenvalue weighted by Crippen LogP contribution is 2.12. The smallest absolute Gasteiger partial charge is 0.223 e. The van der Waals surface area contributed by atoms with E-state index in [0.29, 0.717) is 0 Å². The number of hydrogen-bond acceptors (Lipinski definition) is 1. The lowest BCUT2D eigenvalue weighted by molar-refractivity contribution is -0.125. The normalized spacial score (nSPS) is 12.4. The summed E-state index contributed by atoms with van der Waals surface area (Å²) in [4.78, 5) is 11.9. The molecule has 0 aliphatic rings. The Morgan fingerprint density at radius 3 is 2.11 bits per heavy atom. The Balaban J connectivity index is 3.49. The van der Waals surface area contributed by atoms with Crippen LogP contribution in [0.15, 0.2) is 0 Å². The van der Waals surface area contributed by atoms with E-state index in [1.165, 1.54) is 44.9 Å². The molecule has 0 saturated heterocycles. The maximum Gasteiger partial charge on any atom is 0.223 e. The van der Waals surface area contributed by atoms with Gasteiger partial charge in [-0.05, 0) is 19.3 Å². The van der Waals surface area contributed by atoms with Gasteiger partial charge in [0.05, 0.1) is 0 Å². The van der Waals surface area contributed by atoms with Crippen molar-refractivity contribution in [1.29, 1.82) is 0 Å². The van der Waals surface area contributed by atoms with Crippen LogP contribution < -0.4 is 5.32 Å². The fourth-order valence-corrected chi connectivity index (χ4v) is 2.23. The fraction of sp³-hybridized carbons (Fsp3) is 0.938. The molecule has 0 rings (SSSR count). The summed E-state index contributed by atoms with van der Waals surface area (Å²) in [6.45, 7) is 7.40. The topological polar surface area (TPSA) is 29.1 Å². The van der Waals surface area contributed by atoms with Gasteiger partial charge >= 0.3 is 0 Å². The third-order valence-corrected chi connectivity index (χ3v) is 3.60. The first kappa shape index (κ1) is 17.5. The Kier molecular flexibility index (Phi) is 12.5. The van der Waals surface area contributed by atoms with Crippen molar-refractivity contribution < 1.29 is 4.79 Å². The molecule has 0 aromatic rings. The van der Waals surface area contributed by atoms with Crippen LogP contribution in [0.25, 0.3) is 0 Å². The summed E-state index contributed by atoms with van der Waals surface area (Å²) in [6.07, 6.45) is 12.1. The molecule has 0 aliphatic heterocycles. The van der Waals surface area contributed by atoms with Crippen molar-refractivity contribution in [3.8, 4) is 0 Å². The Labute approximate surface area is 114 Å². The van der Waals surface area contributed by atoms with Crippen molar-refractivity contribution in [3.63, 3.8) is 0 Å². The molecule has 0 saturated carbocycles. The summed E-state index contributed by atoms with van der Waals surface area (Å²) in [6, 6.07) is 0. The van der Waals surface area contributed by atoms with Gasteiger partial charge in [0.25, 0.3) is 0 Å². The Bertz CT molecular complexity index is 192. The summed E-state index contributed by atoms with van der Waals surface area (Å²) in [5, 5.41) is 3.09. The molecule has 0 bridgehead atoms. The minimum absolute atomic E-state index is 0.241. The first-order chi connectivity index (χ1) is 8.76. The standard InChI is InChI=1S/C16H33NO/c1-4-7-9-10-11-12-14-17-16(18)15(6-3)13-8-5-2/h15H,4-14H2,1-3H3,(H,17,18)/t15-/m1/s1. The minimum Gasteiger partial charge on any atom is -0.356 e. The van der Waals surface area contributed by atoms with Gasteiger partial charge in [-0.2, -0.15) is 0 Å². The summed E-state index contributed by atoms with van der Waals surface area (Å²) in [5.41, 5.74) is 0. The number of carbonyl (C=O) groups excluding carboxylic acids is 1. The van der Waals surface area contributed by atoms with E-state index < -0.39 is 0 Å². The molecule has 0 aromatic carbocycles. The van der Waals surface area contributed by atoms with Crippen LogP contribution in [0.4, 0.5) is 0 Å². The maximum atomic E-state index is 11.9. The van der Waals surface area contributed by atoms with Gasteiger partial charge in [-0.3, -0.25) is 4.79 Å². The Morgan fingerprint density at radius 2 is 1.50 bits per heavy atom. The van der Waals surface area contributed by atoms with Gasteiger partial charge in [0, 0.05) is 12.5 Å². The highest BCUT2D eigenvalue weighted by molar-refractivity contribution is 5.78. The molecular weight excluding hydrogens is 222 g/mol. The van der Waals surface area contributed by atoms with Crippen molar-refractivity contribution in [2.24, 2.45) is 5.92 Å². The van der Waals surface area contributed by atoms with Crippen LogP contribution in [0.2, 0.25) is 0 Å². The molecule has 0 spiro atoms. The Morgan fingerprint density at radius 1 is 0.889 bits per heavy atom. The predicted octanol–water partition coefficient (Wildman–Crippen LogP) is 4.68. The van der Waals surface area contributed by atoms with Crippen LogP contribution in [-0.2, 0) is 4.79 Å². The van der Waals surface area contributed by atoms with E-state index >= 15 is 0 Å².